The zero-order valence-corrected chi connectivity index (χ0v) is 9.46. The van der Waals surface area contributed by atoms with E-state index in [1.54, 1.807) is 12.2 Å². The van der Waals surface area contributed by atoms with Crippen LogP contribution in [0.2, 0.25) is 0 Å². The molecule has 0 aromatic heterocycles. The summed E-state index contributed by atoms with van der Waals surface area (Å²) in [6.45, 7) is 7.40. The van der Waals surface area contributed by atoms with E-state index in [-0.39, 0.29) is 12.5 Å². The van der Waals surface area contributed by atoms with Crippen molar-refractivity contribution in [2.45, 2.75) is 12.8 Å². The highest BCUT2D eigenvalue weighted by Gasteiger charge is 2.16. The molecule has 0 bridgehead atoms. The largest absolute Gasteiger partial charge is 0.500 e. The summed E-state index contributed by atoms with van der Waals surface area (Å²) in [6, 6.07) is 0. The van der Waals surface area contributed by atoms with E-state index in [4.69, 9.17) is 14.9 Å². The predicted molar refractivity (Wildman–Crippen MR) is 62.4 cm³/mol. The van der Waals surface area contributed by atoms with Gasteiger partial charge in [-0.3, -0.25) is 0 Å². The Labute approximate surface area is 99.7 Å². The lowest BCUT2D eigenvalue weighted by Crippen LogP contribution is -2.13. The van der Waals surface area contributed by atoms with Gasteiger partial charge in [-0.25, -0.2) is 9.59 Å². The van der Waals surface area contributed by atoms with Crippen molar-refractivity contribution in [3.63, 3.8) is 0 Å². The average molecular weight is 240 g/mol. The molecule has 0 rings (SSSR count). The van der Waals surface area contributed by atoms with E-state index in [0.29, 0.717) is 12.8 Å². The van der Waals surface area contributed by atoms with Crippen molar-refractivity contribution in [3.05, 3.63) is 37.1 Å². The average Bonchev–Trinajstić information content (AvgIpc) is 2.23. The topological polar surface area (TPSA) is 83.8 Å². The number of hydrogen-bond donors (Lipinski definition) is 2. The molecule has 0 aromatic carbocycles. The smallest absolute Gasteiger partial charge is 0.346 e. The van der Waals surface area contributed by atoms with E-state index < -0.39 is 17.5 Å². The highest BCUT2D eigenvalue weighted by molar-refractivity contribution is 6.12. The lowest BCUT2D eigenvalue weighted by molar-refractivity contribution is -0.140. The first-order chi connectivity index (χ1) is 8.02. The van der Waals surface area contributed by atoms with Gasteiger partial charge in [-0.1, -0.05) is 12.2 Å². The van der Waals surface area contributed by atoms with E-state index in [1.807, 2.05) is 0 Å². The molecule has 0 fully saturated rings. The SMILES string of the molecule is C=CCC(CC=C)COC=C(C(=O)O)C(=O)O. The molecule has 17 heavy (non-hydrogen) atoms. The Morgan fingerprint density at radius 3 is 1.94 bits per heavy atom. The fourth-order valence-electron chi connectivity index (χ4n) is 1.16. The minimum atomic E-state index is -1.53. The monoisotopic (exact) mass is 240 g/mol. The quantitative estimate of drug-likeness (QED) is 0.211. The number of rotatable bonds is 9. The highest BCUT2D eigenvalue weighted by atomic mass is 16.5. The number of ether oxygens (including phenoxy) is 1. The van der Waals surface area contributed by atoms with Gasteiger partial charge in [0.05, 0.1) is 6.61 Å². The fourth-order valence-corrected chi connectivity index (χ4v) is 1.16. The van der Waals surface area contributed by atoms with Gasteiger partial charge in [-0.05, 0) is 18.8 Å². The van der Waals surface area contributed by atoms with Gasteiger partial charge in [-0.15, -0.1) is 13.2 Å². The van der Waals surface area contributed by atoms with Gasteiger partial charge in [0.1, 0.15) is 6.26 Å². The maximum Gasteiger partial charge on any atom is 0.346 e. The number of allylic oxidation sites excluding steroid dienone is 2. The Morgan fingerprint density at radius 2 is 1.59 bits per heavy atom. The molecule has 94 valence electrons. The van der Waals surface area contributed by atoms with Crippen LogP contribution in [0.4, 0.5) is 0 Å². The summed E-state index contributed by atoms with van der Waals surface area (Å²) < 4.78 is 4.97. The third kappa shape index (κ3) is 6.19. The summed E-state index contributed by atoms with van der Waals surface area (Å²) in [4.78, 5) is 21.0. The summed E-state index contributed by atoms with van der Waals surface area (Å²) in [5.41, 5.74) is -0.791. The van der Waals surface area contributed by atoms with Crippen LogP contribution >= 0.6 is 0 Å². The lowest BCUT2D eigenvalue weighted by atomic mass is 10.0. The standard InChI is InChI=1S/C12H16O5/c1-3-5-9(6-4-2)7-17-8-10(11(13)14)12(15)16/h3-4,8-9H,1-2,5-7H2,(H,13,14)(H,15,16). The number of carbonyl (C=O) groups is 2. The second kappa shape index (κ2) is 8.15. The molecule has 0 aromatic rings. The third-order valence-corrected chi connectivity index (χ3v) is 1.99. The Bertz CT molecular complexity index is 304. The van der Waals surface area contributed by atoms with E-state index in [9.17, 15) is 9.59 Å². The van der Waals surface area contributed by atoms with Crippen molar-refractivity contribution in [1.82, 2.24) is 0 Å². The number of hydrogen-bond acceptors (Lipinski definition) is 3. The van der Waals surface area contributed by atoms with Crippen LogP contribution in [0.1, 0.15) is 12.8 Å². The van der Waals surface area contributed by atoms with Crippen molar-refractivity contribution in [2.24, 2.45) is 5.92 Å². The van der Waals surface area contributed by atoms with Gasteiger partial charge < -0.3 is 14.9 Å². The van der Waals surface area contributed by atoms with Crippen molar-refractivity contribution in [3.8, 4) is 0 Å². The van der Waals surface area contributed by atoms with Gasteiger partial charge in [0, 0.05) is 0 Å². The highest BCUT2D eigenvalue weighted by Crippen LogP contribution is 2.11. The van der Waals surface area contributed by atoms with Crippen LogP contribution in [0, 0.1) is 5.92 Å². The van der Waals surface area contributed by atoms with Gasteiger partial charge in [0.2, 0.25) is 0 Å². The van der Waals surface area contributed by atoms with E-state index in [1.165, 1.54) is 0 Å². The van der Waals surface area contributed by atoms with Crippen LogP contribution < -0.4 is 0 Å². The predicted octanol–water partition coefficient (Wildman–Crippen LogP) is 1.82. The molecule has 0 aliphatic heterocycles. The second-order valence-corrected chi connectivity index (χ2v) is 3.39. The Hall–Kier alpha value is -2.04. The molecule has 0 atom stereocenters. The van der Waals surface area contributed by atoms with Crippen LogP contribution in [0.3, 0.4) is 0 Å². The zero-order valence-electron chi connectivity index (χ0n) is 9.46. The molecular formula is C12H16O5. The van der Waals surface area contributed by atoms with Gasteiger partial charge >= 0.3 is 11.9 Å². The van der Waals surface area contributed by atoms with Crippen LogP contribution in [0.25, 0.3) is 0 Å². The van der Waals surface area contributed by atoms with Crippen LogP contribution in [-0.4, -0.2) is 28.8 Å². The second-order valence-electron chi connectivity index (χ2n) is 3.39. The van der Waals surface area contributed by atoms with E-state index in [2.05, 4.69) is 13.2 Å². The molecule has 5 heteroatoms. The molecule has 0 amide bonds. The van der Waals surface area contributed by atoms with Crippen LogP contribution in [0.5, 0.6) is 0 Å². The minimum Gasteiger partial charge on any atom is -0.500 e. The lowest BCUT2D eigenvalue weighted by Gasteiger charge is -2.11. The molecule has 0 saturated carbocycles. The Morgan fingerprint density at radius 1 is 1.12 bits per heavy atom. The van der Waals surface area contributed by atoms with Crippen LogP contribution in [0.15, 0.2) is 37.1 Å². The van der Waals surface area contributed by atoms with Gasteiger partial charge in [0.15, 0.2) is 5.57 Å². The van der Waals surface area contributed by atoms with E-state index >= 15 is 0 Å². The van der Waals surface area contributed by atoms with Gasteiger partial charge in [0.25, 0.3) is 0 Å². The summed E-state index contributed by atoms with van der Waals surface area (Å²) >= 11 is 0. The summed E-state index contributed by atoms with van der Waals surface area (Å²) in [5.74, 6) is -2.94. The maximum absolute atomic E-state index is 10.5. The molecule has 0 saturated heterocycles. The molecule has 0 heterocycles. The number of carboxylic acid groups (broad SMARTS) is 2. The fraction of sp³-hybridized carbons (Fsp3) is 0.333. The third-order valence-electron chi connectivity index (χ3n) is 1.99. The number of carboxylic acids is 2. The first-order valence-electron chi connectivity index (χ1n) is 5.03. The maximum atomic E-state index is 10.5. The zero-order chi connectivity index (χ0) is 13.3. The molecular weight excluding hydrogens is 224 g/mol. The van der Waals surface area contributed by atoms with Crippen molar-refractivity contribution in [1.29, 1.82) is 0 Å². The molecule has 0 unspecified atom stereocenters. The summed E-state index contributed by atoms with van der Waals surface area (Å²) in [6.07, 6.45) is 5.57. The van der Waals surface area contributed by atoms with Crippen molar-refractivity contribution >= 4 is 11.9 Å². The van der Waals surface area contributed by atoms with Crippen molar-refractivity contribution in [2.75, 3.05) is 6.61 Å². The molecule has 5 nitrogen and oxygen atoms in total. The molecule has 0 radical (unpaired) electrons. The van der Waals surface area contributed by atoms with Crippen molar-refractivity contribution < 1.29 is 24.5 Å². The van der Waals surface area contributed by atoms with Crippen LogP contribution in [-0.2, 0) is 14.3 Å². The normalized spacial score (nSPS) is 9.47. The summed E-state index contributed by atoms with van der Waals surface area (Å²) in [7, 11) is 0. The first kappa shape index (κ1) is 15.0. The van der Waals surface area contributed by atoms with Gasteiger partial charge in [-0.2, -0.15) is 0 Å². The summed E-state index contributed by atoms with van der Waals surface area (Å²) in [5, 5.41) is 17.1. The molecule has 0 spiro atoms. The molecule has 0 aliphatic rings. The molecule has 0 aliphatic carbocycles. The molecule has 2 N–H and O–H groups in total. The Kier molecular flexibility index (Phi) is 7.17. The number of aliphatic carboxylic acids is 2. The first-order valence-corrected chi connectivity index (χ1v) is 5.03. The van der Waals surface area contributed by atoms with E-state index in [0.717, 1.165) is 6.26 Å². The minimum absolute atomic E-state index is 0.116. The Balaban J connectivity index is 4.37.